The topological polar surface area (TPSA) is 66.8 Å². The third-order valence-electron chi connectivity index (χ3n) is 5.91. The van der Waals surface area contributed by atoms with Crippen molar-refractivity contribution in [3.05, 3.63) is 34.9 Å². The van der Waals surface area contributed by atoms with Crippen LogP contribution >= 0.6 is 11.6 Å². The molecule has 1 aromatic rings. The zero-order chi connectivity index (χ0) is 21.2. The first-order chi connectivity index (χ1) is 13.7. The Kier molecular flexibility index (Phi) is 7.05. The van der Waals surface area contributed by atoms with Crippen LogP contribution in [0.25, 0.3) is 0 Å². The predicted molar refractivity (Wildman–Crippen MR) is 117 cm³/mol. The molecule has 1 saturated carbocycles. The summed E-state index contributed by atoms with van der Waals surface area (Å²) in [6, 6.07) is 7.07. The second-order valence-electron chi connectivity index (χ2n) is 8.91. The van der Waals surface area contributed by atoms with E-state index in [1.807, 2.05) is 11.0 Å². The molecule has 1 aliphatic carbocycles. The van der Waals surface area contributed by atoms with Crippen LogP contribution in [0.2, 0.25) is 5.02 Å². The normalized spacial score (nSPS) is 24.2. The standard InChI is InChI=1S/C22H31ClN2O3S/c1-15(2)11-17-14-20(17)22(27)25-9-7-19(8-10-25)29(3,28)24-21(26)13-16-5-4-6-18(23)12-16/h4-6,12,15,17,19-20H,7-11,13-14H2,1-3H3/t17-,20-,29?/m1/s1. The highest BCUT2D eigenvalue weighted by molar-refractivity contribution is 7.93. The molecule has 0 bridgehead atoms. The Morgan fingerprint density at radius 1 is 1.28 bits per heavy atom. The SMILES string of the molecule is CC(C)C[C@@H]1C[C@H]1C(=O)N1CCC(S(C)(=O)=NC(=O)Cc2cccc(Cl)c2)CC1. The summed E-state index contributed by atoms with van der Waals surface area (Å²) < 4.78 is 17.1. The fourth-order valence-corrected chi connectivity index (χ4v) is 6.21. The van der Waals surface area contributed by atoms with Gasteiger partial charge in [-0.2, -0.15) is 4.36 Å². The second-order valence-corrected chi connectivity index (χ2v) is 11.9. The van der Waals surface area contributed by atoms with E-state index < -0.39 is 9.73 Å². The Bertz CT molecular complexity index is 884. The summed E-state index contributed by atoms with van der Waals surface area (Å²) in [5.74, 6) is 1.22. The van der Waals surface area contributed by atoms with Crippen LogP contribution in [-0.2, 0) is 25.7 Å². The summed E-state index contributed by atoms with van der Waals surface area (Å²) in [5.41, 5.74) is 0.766. The molecule has 7 heteroatoms. The molecule has 1 saturated heterocycles. The van der Waals surface area contributed by atoms with Gasteiger partial charge >= 0.3 is 0 Å². The predicted octanol–water partition coefficient (Wildman–Crippen LogP) is 4.18. The van der Waals surface area contributed by atoms with E-state index in [0.717, 1.165) is 18.4 Å². The van der Waals surface area contributed by atoms with Crippen LogP contribution < -0.4 is 0 Å². The Hall–Kier alpha value is -1.40. The minimum atomic E-state index is -2.64. The Morgan fingerprint density at radius 2 is 1.97 bits per heavy atom. The van der Waals surface area contributed by atoms with Gasteiger partial charge in [0.15, 0.2) is 0 Å². The minimum absolute atomic E-state index is 0.0988. The van der Waals surface area contributed by atoms with E-state index in [0.29, 0.717) is 42.8 Å². The fourth-order valence-electron chi connectivity index (χ4n) is 4.29. The van der Waals surface area contributed by atoms with E-state index in [2.05, 4.69) is 18.2 Å². The van der Waals surface area contributed by atoms with Crippen LogP contribution in [0.1, 0.15) is 45.1 Å². The van der Waals surface area contributed by atoms with Gasteiger partial charge in [0.05, 0.1) is 16.1 Å². The highest BCUT2D eigenvalue weighted by Gasteiger charge is 2.45. The molecule has 2 aliphatic rings. The van der Waals surface area contributed by atoms with Crippen molar-refractivity contribution in [3.8, 4) is 0 Å². The van der Waals surface area contributed by atoms with Gasteiger partial charge in [-0.3, -0.25) is 9.59 Å². The molecule has 0 aromatic heterocycles. The lowest BCUT2D eigenvalue weighted by atomic mass is 10.0. The van der Waals surface area contributed by atoms with Crippen molar-refractivity contribution in [2.75, 3.05) is 19.3 Å². The molecule has 3 atom stereocenters. The number of likely N-dealkylation sites (tertiary alicyclic amines) is 1. The van der Waals surface area contributed by atoms with Gasteiger partial charge in [0.1, 0.15) is 0 Å². The van der Waals surface area contributed by atoms with Crippen LogP contribution in [0.15, 0.2) is 28.6 Å². The molecule has 160 valence electrons. The van der Waals surface area contributed by atoms with Gasteiger partial charge in [0.25, 0.3) is 5.91 Å². The van der Waals surface area contributed by atoms with Crippen molar-refractivity contribution in [1.82, 2.24) is 4.90 Å². The highest BCUT2D eigenvalue weighted by atomic mass is 35.5. The third kappa shape index (κ3) is 6.05. The summed E-state index contributed by atoms with van der Waals surface area (Å²) in [6.45, 7) is 5.61. The van der Waals surface area contributed by atoms with Gasteiger partial charge < -0.3 is 4.90 Å². The van der Waals surface area contributed by atoms with E-state index in [9.17, 15) is 13.8 Å². The summed E-state index contributed by atoms with van der Waals surface area (Å²) in [4.78, 5) is 26.9. The Labute approximate surface area is 179 Å². The van der Waals surface area contributed by atoms with E-state index >= 15 is 0 Å². The van der Waals surface area contributed by atoms with Crippen molar-refractivity contribution >= 4 is 33.1 Å². The van der Waals surface area contributed by atoms with Gasteiger partial charge in [0.2, 0.25) is 5.91 Å². The number of rotatable bonds is 6. The maximum atomic E-state index is 13.1. The van der Waals surface area contributed by atoms with Crippen LogP contribution in [0.3, 0.4) is 0 Å². The number of carbonyl (C=O) groups excluding carboxylic acids is 2. The van der Waals surface area contributed by atoms with Gasteiger partial charge in [0, 0.05) is 35.5 Å². The van der Waals surface area contributed by atoms with Crippen molar-refractivity contribution in [1.29, 1.82) is 0 Å². The van der Waals surface area contributed by atoms with Crippen molar-refractivity contribution < 1.29 is 13.8 Å². The molecular formula is C22H31ClN2O3S. The summed E-state index contributed by atoms with van der Waals surface area (Å²) in [5, 5.41) is 0.413. The average Bonchev–Trinajstić information content (AvgIpc) is 3.39. The molecule has 1 heterocycles. The second kappa shape index (κ2) is 9.17. The lowest BCUT2D eigenvalue weighted by molar-refractivity contribution is -0.133. The number of carbonyl (C=O) groups is 2. The number of benzene rings is 1. The zero-order valence-electron chi connectivity index (χ0n) is 17.5. The van der Waals surface area contributed by atoms with E-state index in [-0.39, 0.29) is 29.4 Å². The van der Waals surface area contributed by atoms with Gasteiger partial charge in [-0.1, -0.05) is 37.6 Å². The maximum Gasteiger partial charge on any atom is 0.258 e. The zero-order valence-corrected chi connectivity index (χ0v) is 19.0. The van der Waals surface area contributed by atoms with Gasteiger partial charge in [-0.05, 0) is 55.2 Å². The van der Waals surface area contributed by atoms with Crippen LogP contribution in [-0.4, -0.2) is 45.5 Å². The Balaban J connectivity index is 1.54. The van der Waals surface area contributed by atoms with Crippen molar-refractivity contribution in [2.45, 2.75) is 51.2 Å². The fraction of sp³-hybridized carbons (Fsp3) is 0.636. The lowest BCUT2D eigenvalue weighted by Gasteiger charge is -2.32. The molecule has 0 N–H and O–H groups in total. The van der Waals surface area contributed by atoms with E-state index in [4.69, 9.17) is 11.6 Å². The third-order valence-corrected chi connectivity index (χ3v) is 8.42. The van der Waals surface area contributed by atoms with E-state index in [1.165, 1.54) is 0 Å². The first-order valence-corrected chi connectivity index (χ1v) is 12.8. The highest BCUT2D eigenvalue weighted by Crippen LogP contribution is 2.44. The molecule has 2 amide bonds. The van der Waals surface area contributed by atoms with Crippen molar-refractivity contribution in [2.24, 2.45) is 22.1 Å². The summed E-state index contributed by atoms with van der Waals surface area (Å²) in [6.07, 6.45) is 5.07. The number of hydrogen-bond acceptors (Lipinski definition) is 3. The molecule has 0 radical (unpaired) electrons. The minimum Gasteiger partial charge on any atom is -0.342 e. The van der Waals surface area contributed by atoms with Gasteiger partial charge in [-0.25, -0.2) is 4.21 Å². The lowest BCUT2D eigenvalue weighted by Crippen LogP contribution is -2.43. The molecular weight excluding hydrogens is 408 g/mol. The largest absolute Gasteiger partial charge is 0.342 e. The number of amides is 2. The molecule has 1 aromatic carbocycles. The molecule has 1 aliphatic heterocycles. The smallest absolute Gasteiger partial charge is 0.258 e. The Morgan fingerprint density at radius 3 is 2.59 bits per heavy atom. The molecule has 3 rings (SSSR count). The van der Waals surface area contributed by atoms with Crippen molar-refractivity contribution in [3.63, 3.8) is 0 Å². The molecule has 2 fully saturated rings. The average molecular weight is 439 g/mol. The molecule has 29 heavy (non-hydrogen) atoms. The number of nitrogens with zero attached hydrogens (tertiary/aromatic N) is 2. The van der Waals surface area contributed by atoms with Gasteiger partial charge in [-0.15, -0.1) is 0 Å². The molecule has 0 spiro atoms. The quantitative estimate of drug-likeness (QED) is 0.669. The first kappa shape index (κ1) is 22.3. The number of piperidine rings is 1. The summed E-state index contributed by atoms with van der Waals surface area (Å²) >= 11 is 5.95. The maximum absolute atomic E-state index is 13.1. The first-order valence-electron chi connectivity index (χ1n) is 10.4. The summed E-state index contributed by atoms with van der Waals surface area (Å²) in [7, 11) is -2.64. The molecule has 5 nitrogen and oxygen atoms in total. The van der Waals surface area contributed by atoms with Crippen LogP contribution in [0, 0.1) is 17.8 Å². The molecule has 1 unspecified atom stereocenters. The van der Waals surface area contributed by atoms with E-state index in [1.54, 1.807) is 24.5 Å². The number of halogens is 1. The number of hydrogen-bond donors (Lipinski definition) is 0. The van der Waals surface area contributed by atoms with Crippen LogP contribution in [0.5, 0.6) is 0 Å². The van der Waals surface area contributed by atoms with Crippen LogP contribution in [0.4, 0.5) is 0 Å². The monoisotopic (exact) mass is 438 g/mol.